The van der Waals surface area contributed by atoms with Crippen molar-refractivity contribution in [2.24, 2.45) is 0 Å². The van der Waals surface area contributed by atoms with Crippen molar-refractivity contribution >= 4 is 11.9 Å². The first-order chi connectivity index (χ1) is 8.43. The van der Waals surface area contributed by atoms with Gasteiger partial charge in [-0.2, -0.15) is 0 Å². The molecule has 0 aromatic rings. The highest BCUT2D eigenvalue weighted by molar-refractivity contribution is 5.81. The van der Waals surface area contributed by atoms with E-state index in [1.807, 2.05) is 30.6 Å². The molecule has 0 radical (unpaired) electrons. The average molecular weight is 256 g/mol. The van der Waals surface area contributed by atoms with Crippen molar-refractivity contribution in [3.05, 3.63) is 0 Å². The molecule has 0 spiro atoms. The van der Waals surface area contributed by atoms with Crippen LogP contribution in [0.15, 0.2) is 0 Å². The summed E-state index contributed by atoms with van der Waals surface area (Å²) >= 11 is 0. The van der Waals surface area contributed by atoms with Crippen molar-refractivity contribution in [2.45, 2.75) is 52.1 Å². The number of amides is 1. The Morgan fingerprint density at radius 3 is 2.22 bits per heavy atom. The van der Waals surface area contributed by atoms with E-state index in [0.717, 1.165) is 25.9 Å². The summed E-state index contributed by atoms with van der Waals surface area (Å²) in [5.41, 5.74) is 0. The lowest BCUT2D eigenvalue weighted by molar-refractivity contribution is -0.140. The van der Waals surface area contributed by atoms with Crippen LogP contribution in [0.4, 0.5) is 0 Å². The number of carboxylic acids is 1. The second-order valence-electron chi connectivity index (χ2n) is 5.18. The lowest BCUT2D eigenvalue weighted by Crippen LogP contribution is -2.49. The van der Waals surface area contributed by atoms with Crippen LogP contribution in [0.3, 0.4) is 0 Å². The van der Waals surface area contributed by atoms with Gasteiger partial charge in [-0.05, 0) is 33.6 Å². The first-order valence-corrected chi connectivity index (χ1v) is 6.69. The zero-order valence-electron chi connectivity index (χ0n) is 11.6. The molecule has 5 heteroatoms. The van der Waals surface area contributed by atoms with Gasteiger partial charge in [0.25, 0.3) is 0 Å². The standard InChI is InChI=1S/C13H24N2O3/c1-10(2)15(9-6-12(16)17)11(3)13(18)14-7-4-5-8-14/h10-11H,4-9H2,1-3H3,(H,16,17). The Bertz CT molecular complexity index is 299. The van der Waals surface area contributed by atoms with E-state index in [9.17, 15) is 9.59 Å². The molecule has 104 valence electrons. The van der Waals surface area contributed by atoms with Crippen LogP contribution in [0.25, 0.3) is 0 Å². The van der Waals surface area contributed by atoms with E-state index in [1.54, 1.807) is 0 Å². The number of carbonyl (C=O) groups excluding carboxylic acids is 1. The van der Waals surface area contributed by atoms with Crippen LogP contribution >= 0.6 is 0 Å². The molecule has 1 aliphatic heterocycles. The molecule has 0 saturated carbocycles. The molecule has 0 aromatic heterocycles. The van der Waals surface area contributed by atoms with Crippen LogP contribution in [-0.2, 0) is 9.59 Å². The predicted octanol–water partition coefficient (Wildman–Crippen LogP) is 1.18. The topological polar surface area (TPSA) is 60.9 Å². The number of nitrogens with zero attached hydrogens (tertiary/aromatic N) is 2. The maximum absolute atomic E-state index is 12.3. The van der Waals surface area contributed by atoms with Crippen molar-refractivity contribution in [1.82, 2.24) is 9.80 Å². The zero-order valence-corrected chi connectivity index (χ0v) is 11.6. The Kier molecular flexibility index (Phi) is 5.59. The number of likely N-dealkylation sites (tertiary alicyclic amines) is 1. The molecular formula is C13H24N2O3. The van der Waals surface area contributed by atoms with Crippen LogP contribution in [0, 0.1) is 0 Å². The molecule has 1 unspecified atom stereocenters. The van der Waals surface area contributed by atoms with Crippen molar-refractivity contribution in [2.75, 3.05) is 19.6 Å². The highest BCUT2D eigenvalue weighted by Gasteiger charge is 2.29. The highest BCUT2D eigenvalue weighted by atomic mass is 16.4. The molecule has 1 aliphatic rings. The minimum absolute atomic E-state index is 0.0792. The van der Waals surface area contributed by atoms with Gasteiger partial charge in [0, 0.05) is 25.7 Å². The third-order valence-electron chi connectivity index (χ3n) is 3.52. The molecular weight excluding hydrogens is 232 g/mol. The maximum atomic E-state index is 12.3. The molecule has 1 N–H and O–H groups in total. The number of hydrogen-bond acceptors (Lipinski definition) is 3. The second kappa shape index (κ2) is 6.73. The lowest BCUT2D eigenvalue weighted by Gasteiger charge is -2.33. The van der Waals surface area contributed by atoms with E-state index >= 15 is 0 Å². The van der Waals surface area contributed by atoms with Gasteiger partial charge in [-0.3, -0.25) is 14.5 Å². The van der Waals surface area contributed by atoms with Crippen LogP contribution in [0.5, 0.6) is 0 Å². The van der Waals surface area contributed by atoms with E-state index in [1.165, 1.54) is 0 Å². The van der Waals surface area contributed by atoms with Crippen molar-refractivity contribution < 1.29 is 14.7 Å². The number of rotatable bonds is 6. The molecule has 0 bridgehead atoms. The SMILES string of the molecule is CC(C)N(CCC(=O)O)C(C)C(=O)N1CCCC1. The summed E-state index contributed by atoms with van der Waals surface area (Å²) in [5.74, 6) is -0.687. The number of carbonyl (C=O) groups is 2. The molecule has 0 aromatic carbocycles. The summed E-state index contributed by atoms with van der Waals surface area (Å²) in [4.78, 5) is 26.8. The van der Waals surface area contributed by atoms with Gasteiger partial charge < -0.3 is 10.0 Å². The average Bonchev–Trinajstić information content (AvgIpc) is 2.80. The third kappa shape index (κ3) is 3.98. The summed E-state index contributed by atoms with van der Waals surface area (Å²) in [6.45, 7) is 7.98. The van der Waals surface area contributed by atoms with Gasteiger partial charge in [-0.1, -0.05) is 0 Å². The lowest BCUT2D eigenvalue weighted by atomic mass is 10.1. The van der Waals surface area contributed by atoms with Gasteiger partial charge in [-0.15, -0.1) is 0 Å². The van der Waals surface area contributed by atoms with Crippen molar-refractivity contribution in [3.63, 3.8) is 0 Å². The smallest absolute Gasteiger partial charge is 0.304 e. The third-order valence-corrected chi connectivity index (χ3v) is 3.52. The quantitative estimate of drug-likeness (QED) is 0.775. The summed E-state index contributed by atoms with van der Waals surface area (Å²) in [5, 5.41) is 8.75. The molecule has 1 saturated heterocycles. The number of aliphatic carboxylic acids is 1. The van der Waals surface area contributed by atoms with Gasteiger partial charge in [0.15, 0.2) is 0 Å². The summed E-state index contributed by atoms with van der Waals surface area (Å²) in [6, 6.07) is -0.0617. The molecule has 5 nitrogen and oxygen atoms in total. The van der Waals surface area contributed by atoms with E-state index < -0.39 is 5.97 Å². The number of carboxylic acid groups (broad SMARTS) is 1. The minimum atomic E-state index is -0.818. The molecule has 1 rings (SSSR count). The van der Waals surface area contributed by atoms with Crippen LogP contribution < -0.4 is 0 Å². The van der Waals surface area contributed by atoms with Crippen molar-refractivity contribution in [3.8, 4) is 0 Å². The Labute approximate surface area is 109 Å². The van der Waals surface area contributed by atoms with Crippen LogP contribution in [0.2, 0.25) is 0 Å². The molecule has 1 heterocycles. The van der Waals surface area contributed by atoms with Gasteiger partial charge >= 0.3 is 5.97 Å². The fourth-order valence-corrected chi connectivity index (χ4v) is 2.47. The Morgan fingerprint density at radius 1 is 1.22 bits per heavy atom. The summed E-state index contributed by atoms with van der Waals surface area (Å²) in [6.07, 6.45) is 2.24. The van der Waals surface area contributed by atoms with Crippen LogP contribution in [-0.4, -0.2) is 58.5 Å². The van der Waals surface area contributed by atoms with Gasteiger partial charge in [0.05, 0.1) is 12.5 Å². The van der Waals surface area contributed by atoms with Crippen LogP contribution in [0.1, 0.15) is 40.0 Å². The Hall–Kier alpha value is -1.10. The molecule has 1 amide bonds. The maximum Gasteiger partial charge on any atom is 0.304 e. The fraction of sp³-hybridized carbons (Fsp3) is 0.846. The predicted molar refractivity (Wildman–Crippen MR) is 69.4 cm³/mol. The van der Waals surface area contributed by atoms with E-state index in [2.05, 4.69) is 0 Å². The fourth-order valence-electron chi connectivity index (χ4n) is 2.47. The van der Waals surface area contributed by atoms with Gasteiger partial charge in [0.1, 0.15) is 0 Å². The van der Waals surface area contributed by atoms with Crippen molar-refractivity contribution in [1.29, 1.82) is 0 Å². The normalized spacial score (nSPS) is 17.5. The largest absolute Gasteiger partial charge is 0.481 e. The minimum Gasteiger partial charge on any atom is -0.481 e. The first-order valence-electron chi connectivity index (χ1n) is 6.69. The zero-order chi connectivity index (χ0) is 13.7. The molecule has 18 heavy (non-hydrogen) atoms. The van der Waals surface area contributed by atoms with E-state index in [4.69, 9.17) is 5.11 Å². The van der Waals surface area contributed by atoms with E-state index in [-0.39, 0.29) is 24.4 Å². The highest BCUT2D eigenvalue weighted by Crippen LogP contribution is 2.14. The van der Waals surface area contributed by atoms with E-state index in [0.29, 0.717) is 6.54 Å². The molecule has 1 atom stereocenters. The Balaban J connectivity index is 2.59. The summed E-state index contributed by atoms with van der Waals surface area (Å²) < 4.78 is 0. The van der Waals surface area contributed by atoms with Gasteiger partial charge in [0.2, 0.25) is 5.91 Å². The summed E-state index contributed by atoms with van der Waals surface area (Å²) in [7, 11) is 0. The monoisotopic (exact) mass is 256 g/mol. The van der Waals surface area contributed by atoms with Gasteiger partial charge in [-0.25, -0.2) is 0 Å². The first kappa shape index (κ1) is 15.0. The molecule has 0 aliphatic carbocycles. The second-order valence-corrected chi connectivity index (χ2v) is 5.18. The molecule has 1 fully saturated rings. The Morgan fingerprint density at radius 2 is 1.78 bits per heavy atom. The number of hydrogen-bond donors (Lipinski definition) is 1.